The van der Waals surface area contributed by atoms with Crippen molar-refractivity contribution in [2.75, 3.05) is 68.3 Å². The largest absolute Gasteiger partial charge is 0.501 e. The van der Waals surface area contributed by atoms with E-state index in [1.54, 1.807) is 12.1 Å². The van der Waals surface area contributed by atoms with Crippen LogP contribution < -0.4 is 20.3 Å². The predicted molar refractivity (Wildman–Crippen MR) is 322 cm³/mol. The number of carbonyl (C=O) groups excluding carboxylic acids is 5. The zero-order valence-electron chi connectivity index (χ0n) is 47.7. The first kappa shape index (κ1) is 62.0. The second-order valence-corrected chi connectivity index (χ2v) is 29.1. The summed E-state index contributed by atoms with van der Waals surface area (Å²) in [6.07, 6.45) is 4.04. The Hall–Kier alpha value is -6.67. The monoisotopic (exact) mass is 1270 g/mol. The van der Waals surface area contributed by atoms with Gasteiger partial charge in [0, 0.05) is 116 Å². The molecule has 4 unspecified atom stereocenters. The molecule has 4 atom stereocenters. The molecule has 12 rings (SSSR count). The summed E-state index contributed by atoms with van der Waals surface area (Å²) < 4.78 is 116. The Morgan fingerprint density at radius 3 is 2.16 bits per heavy atom. The van der Waals surface area contributed by atoms with Gasteiger partial charge in [-0.1, -0.05) is 61.4 Å². The average molecular weight is 1270 g/mol. The first-order valence-corrected chi connectivity index (χ1v) is 33.2. The van der Waals surface area contributed by atoms with E-state index in [1.165, 1.54) is 46.7 Å². The van der Waals surface area contributed by atoms with Crippen LogP contribution >= 0.6 is 23.4 Å². The fraction of sp³-hybridized carbons (Fsp3) is 0.403. The Bertz CT molecular complexity index is 3780. The normalized spacial score (nSPS) is 21.6. The van der Waals surface area contributed by atoms with Crippen LogP contribution in [-0.4, -0.2) is 154 Å². The summed E-state index contributed by atoms with van der Waals surface area (Å²) in [6.45, 7) is 9.96. The highest BCUT2D eigenvalue weighted by atomic mass is 35.5. The van der Waals surface area contributed by atoms with Gasteiger partial charge < -0.3 is 15.1 Å². The van der Waals surface area contributed by atoms with Gasteiger partial charge in [0.2, 0.25) is 11.8 Å². The van der Waals surface area contributed by atoms with E-state index in [9.17, 15) is 54.0 Å². The van der Waals surface area contributed by atoms with Gasteiger partial charge >= 0.3 is 5.51 Å². The smallest absolute Gasteiger partial charge is 0.380 e. The molecule has 0 aromatic heterocycles. The van der Waals surface area contributed by atoms with Crippen LogP contribution in [0.15, 0.2) is 129 Å². The van der Waals surface area contributed by atoms with E-state index in [1.807, 2.05) is 47.2 Å². The molecular weight excluding hydrogens is 1210 g/mol. The molecule has 1 aliphatic carbocycles. The van der Waals surface area contributed by atoms with Crippen LogP contribution in [0.25, 0.3) is 5.57 Å². The van der Waals surface area contributed by atoms with Gasteiger partial charge in [0.15, 0.2) is 0 Å². The molecule has 7 aliphatic rings. The first-order chi connectivity index (χ1) is 41.3. The number of carbonyl (C=O) groups is 5. The molecule has 5 aromatic carbocycles. The summed E-state index contributed by atoms with van der Waals surface area (Å²) in [6, 6.07) is 26.1. The number of halogens is 5. The zero-order valence-corrected chi connectivity index (χ0v) is 51.0. The standard InChI is InChI=1S/C62H65ClF4N8O9S3/c1-61(2)22-20-49(38-8-12-42(63)13-9-38)41(32-61)33-71-24-26-73(27-25-71)44-14-10-39(11-15-44)57(77)70-87(83,84)48-16-17-53(55(30-48)86(81,82)62(65,66)67)68-43(37-85-47-6-4-3-5-7-47)21-23-72-35-45-29-46(36-72)74(45)34-40-28-50-51(31-52(40)64)60(80)75(59(50)79)54-18-19-56(76)69-58(54)78/h3-17,28,30-31,43,45-46,54,68H,18-27,29,32-37H2,1-2H3,(H,70,77)(H,69,76,78). The molecule has 2 bridgehead atoms. The highest BCUT2D eigenvalue weighted by Gasteiger charge is 2.50. The average Bonchev–Trinajstić information content (AvgIpc) is 1.84. The van der Waals surface area contributed by atoms with Crippen molar-refractivity contribution in [2.45, 2.75) is 110 Å². The molecule has 0 radical (unpaired) electrons. The SMILES string of the molecule is CC1(C)CCC(c2ccc(Cl)cc2)=C(CN2CCN(c3ccc(C(=O)NS(=O)(=O)c4ccc(NC(CCN5CC6CC(C5)N6Cc5cc6c(cc5F)C(=O)N(C5CCC(=O)NC5=O)C6=O)CSc5ccccc5)c(S(=O)(=O)C(F)(F)F)c4)cc3)CC2)C1. The van der Waals surface area contributed by atoms with Crippen molar-refractivity contribution in [2.24, 2.45) is 5.41 Å². The number of anilines is 2. The number of nitrogens with one attached hydrogen (secondary N) is 3. The van der Waals surface area contributed by atoms with Crippen molar-refractivity contribution in [1.82, 2.24) is 29.6 Å². The number of sulfone groups is 1. The quantitative estimate of drug-likeness (QED) is 0.0401. The number of piperidine rings is 2. The predicted octanol–water partition coefficient (Wildman–Crippen LogP) is 9.00. The molecule has 87 heavy (non-hydrogen) atoms. The topological polar surface area (TPSA) is 206 Å². The zero-order chi connectivity index (χ0) is 61.7. The molecule has 0 saturated carbocycles. The summed E-state index contributed by atoms with van der Waals surface area (Å²) in [5.74, 6) is -4.39. The van der Waals surface area contributed by atoms with E-state index >= 15 is 4.39 Å². The Morgan fingerprint density at radius 2 is 1.49 bits per heavy atom. The lowest BCUT2D eigenvalue weighted by Gasteiger charge is -2.56. The first-order valence-electron chi connectivity index (χ1n) is 28.8. The highest BCUT2D eigenvalue weighted by Crippen LogP contribution is 2.44. The third kappa shape index (κ3) is 13.4. The fourth-order valence-electron chi connectivity index (χ4n) is 12.7. The number of hydrogen-bond donors (Lipinski definition) is 3. The van der Waals surface area contributed by atoms with E-state index in [-0.39, 0.29) is 64.9 Å². The molecule has 3 N–H and O–H groups in total. The number of nitrogens with zero attached hydrogens (tertiary/aromatic N) is 5. The van der Waals surface area contributed by atoms with E-state index in [2.05, 4.69) is 56.2 Å². The number of allylic oxidation sites excluding steroid dienone is 1. The Kier molecular flexibility index (Phi) is 17.6. The van der Waals surface area contributed by atoms with Gasteiger partial charge in [-0.05, 0) is 134 Å². The Morgan fingerprint density at radius 1 is 0.816 bits per heavy atom. The Labute approximate surface area is 511 Å². The second kappa shape index (κ2) is 24.7. The van der Waals surface area contributed by atoms with Gasteiger partial charge in [0.25, 0.3) is 37.6 Å². The van der Waals surface area contributed by atoms with E-state index < -0.39 is 88.3 Å². The summed E-state index contributed by atoms with van der Waals surface area (Å²) in [5, 5.41) is 5.84. The number of amides is 5. The lowest BCUT2D eigenvalue weighted by Crippen LogP contribution is -2.68. The van der Waals surface area contributed by atoms with Crippen LogP contribution in [0.4, 0.5) is 28.9 Å². The molecule has 6 heterocycles. The molecule has 25 heteroatoms. The van der Waals surface area contributed by atoms with Crippen molar-refractivity contribution in [3.05, 3.63) is 153 Å². The van der Waals surface area contributed by atoms with Crippen molar-refractivity contribution in [3.63, 3.8) is 0 Å². The molecule has 5 aromatic rings. The third-order valence-electron chi connectivity index (χ3n) is 17.5. The minimum Gasteiger partial charge on any atom is -0.380 e. The fourth-order valence-corrected chi connectivity index (χ4v) is 15.9. The van der Waals surface area contributed by atoms with E-state index in [0.29, 0.717) is 50.2 Å². The molecule has 460 valence electrons. The van der Waals surface area contributed by atoms with Crippen LogP contribution in [0, 0.1) is 11.2 Å². The van der Waals surface area contributed by atoms with Crippen LogP contribution in [0.2, 0.25) is 5.02 Å². The number of hydrogen-bond acceptors (Lipinski definition) is 15. The maximum absolute atomic E-state index is 15.7. The molecular formula is C62H65ClF4N8O9S3. The molecule has 5 saturated heterocycles. The van der Waals surface area contributed by atoms with Crippen molar-refractivity contribution < 1.29 is 58.4 Å². The minimum absolute atomic E-state index is 0.0367. The maximum atomic E-state index is 15.7. The van der Waals surface area contributed by atoms with Gasteiger partial charge in [-0.15, -0.1) is 11.8 Å². The van der Waals surface area contributed by atoms with Crippen molar-refractivity contribution in [3.8, 4) is 0 Å². The number of benzene rings is 5. The number of fused-ring (bicyclic) bond motifs is 3. The Balaban J connectivity index is 0.733. The van der Waals surface area contributed by atoms with Crippen LogP contribution in [-0.2, 0) is 36.0 Å². The van der Waals surface area contributed by atoms with Gasteiger partial charge in [-0.25, -0.2) is 25.9 Å². The minimum atomic E-state index is -6.19. The van der Waals surface area contributed by atoms with Crippen molar-refractivity contribution in [1.29, 1.82) is 0 Å². The number of piperazine rings is 2. The van der Waals surface area contributed by atoms with Crippen molar-refractivity contribution >= 4 is 89.7 Å². The van der Waals surface area contributed by atoms with Crippen LogP contribution in [0.5, 0.6) is 0 Å². The number of rotatable bonds is 19. The van der Waals surface area contributed by atoms with Gasteiger partial charge in [0.05, 0.1) is 21.7 Å². The molecule has 5 fully saturated rings. The molecule has 5 amide bonds. The van der Waals surface area contributed by atoms with E-state index in [0.717, 1.165) is 79.0 Å². The van der Waals surface area contributed by atoms with Crippen LogP contribution in [0.3, 0.4) is 0 Å². The second-order valence-electron chi connectivity index (χ2n) is 23.9. The lowest BCUT2D eigenvalue weighted by atomic mass is 9.73. The highest BCUT2D eigenvalue weighted by molar-refractivity contribution is 7.99. The third-order valence-corrected chi connectivity index (χ3v) is 21.7. The van der Waals surface area contributed by atoms with Gasteiger partial charge in [-0.3, -0.25) is 44.0 Å². The lowest BCUT2D eigenvalue weighted by molar-refractivity contribution is -0.136. The molecule has 17 nitrogen and oxygen atoms in total. The number of imide groups is 2. The number of thioether (sulfide) groups is 1. The van der Waals surface area contributed by atoms with Gasteiger partial charge in [-0.2, -0.15) is 13.2 Å². The molecule has 0 spiro atoms. The summed E-state index contributed by atoms with van der Waals surface area (Å²) in [5.41, 5.74) is -1.41. The van der Waals surface area contributed by atoms with E-state index in [4.69, 9.17) is 11.6 Å². The molecule has 6 aliphatic heterocycles. The summed E-state index contributed by atoms with van der Waals surface area (Å²) >= 11 is 7.59. The maximum Gasteiger partial charge on any atom is 0.501 e. The summed E-state index contributed by atoms with van der Waals surface area (Å²) in [4.78, 5) is 72.9. The van der Waals surface area contributed by atoms with Crippen LogP contribution in [0.1, 0.15) is 101 Å². The number of alkyl halides is 3. The van der Waals surface area contributed by atoms with Gasteiger partial charge in [0.1, 0.15) is 16.8 Å². The summed E-state index contributed by atoms with van der Waals surface area (Å²) in [7, 11) is -11.1. The number of sulfonamides is 1.